The molecule has 0 aliphatic carbocycles. The molecule has 0 aliphatic rings. The summed E-state index contributed by atoms with van der Waals surface area (Å²) in [6, 6.07) is 15.2. The Morgan fingerprint density at radius 3 is 2.35 bits per heavy atom. The number of nitrogen functional groups attached to an aromatic ring is 1. The van der Waals surface area contributed by atoms with Crippen molar-refractivity contribution in [1.82, 2.24) is 0 Å². The van der Waals surface area contributed by atoms with Gasteiger partial charge in [-0.1, -0.05) is 46.3 Å². The molecular weight excluding hydrogens is 278 g/mol. The van der Waals surface area contributed by atoms with E-state index in [9.17, 15) is 5.11 Å². The highest BCUT2D eigenvalue weighted by atomic mass is 79.9. The first-order valence-corrected chi connectivity index (χ1v) is 6.23. The molecule has 0 spiro atoms. The molecule has 1 unspecified atom stereocenters. The summed E-state index contributed by atoms with van der Waals surface area (Å²) in [5.41, 5.74) is 8.30. The molecule has 0 aliphatic heterocycles. The van der Waals surface area contributed by atoms with Gasteiger partial charge in [0, 0.05) is 16.6 Å². The molecule has 2 rings (SSSR count). The van der Waals surface area contributed by atoms with Crippen molar-refractivity contribution >= 4 is 21.6 Å². The maximum Gasteiger partial charge on any atom is 0.0830 e. The summed E-state index contributed by atoms with van der Waals surface area (Å²) in [7, 11) is 0. The number of benzene rings is 2. The Bertz CT molecular complexity index is 496. The lowest BCUT2D eigenvalue weighted by atomic mass is 10.0. The average Bonchev–Trinajstić information content (AvgIpc) is 2.33. The number of aliphatic hydroxyl groups is 1. The minimum atomic E-state index is -0.505. The second kappa shape index (κ2) is 5.34. The monoisotopic (exact) mass is 291 g/mol. The Labute approximate surface area is 109 Å². The summed E-state index contributed by atoms with van der Waals surface area (Å²) in [6.45, 7) is 0. The Kier molecular flexibility index (Phi) is 3.82. The number of halogens is 1. The first kappa shape index (κ1) is 12.1. The van der Waals surface area contributed by atoms with Gasteiger partial charge in [-0.05, 0) is 29.3 Å². The van der Waals surface area contributed by atoms with Crippen molar-refractivity contribution in [2.24, 2.45) is 0 Å². The molecule has 88 valence electrons. The summed E-state index contributed by atoms with van der Waals surface area (Å²) >= 11 is 3.48. The minimum absolute atomic E-state index is 0.505. The molecule has 0 saturated carbocycles. The Balaban J connectivity index is 2.14. The molecule has 2 aromatic carbocycles. The maximum atomic E-state index is 10.1. The summed E-state index contributed by atoms with van der Waals surface area (Å²) in [6.07, 6.45) is 0.0834. The van der Waals surface area contributed by atoms with Crippen LogP contribution in [0.4, 0.5) is 5.69 Å². The molecule has 17 heavy (non-hydrogen) atoms. The molecular formula is C14H14BrNO. The van der Waals surface area contributed by atoms with Gasteiger partial charge in [0.25, 0.3) is 0 Å². The fourth-order valence-corrected chi connectivity index (χ4v) is 2.15. The van der Waals surface area contributed by atoms with E-state index < -0.39 is 6.10 Å². The van der Waals surface area contributed by atoms with Crippen molar-refractivity contribution in [3.05, 3.63) is 64.1 Å². The van der Waals surface area contributed by atoms with Crippen LogP contribution in [0.3, 0.4) is 0 Å². The van der Waals surface area contributed by atoms with Gasteiger partial charge in [0.15, 0.2) is 0 Å². The first-order chi connectivity index (χ1) is 8.16. The molecule has 0 radical (unpaired) electrons. The van der Waals surface area contributed by atoms with Gasteiger partial charge in [0.05, 0.1) is 6.10 Å². The van der Waals surface area contributed by atoms with E-state index in [4.69, 9.17) is 5.73 Å². The molecule has 2 nitrogen and oxygen atoms in total. The molecule has 0 heterocycles. The zero-order valence-electron chi connectivity index (χ0n) is 9.31. The van der Waals surface area contributed by atoms with Crippen LogP contribution in [0.1, 0.15) is 17.2 Å². The second-order valence-electron chi connectivity index (χ2n) is 3.98. The summed E-state index contributed by atoms with van der Waals surface area (Å²) in [5.74, 6) is 0. The Morgan fingerprint density at radius 2 is 1.71 bits per heavy atom. The van der Waals surface area contributed by atoms with E-state index in [1.165, 1.54) is 0 Å². The fourth-order valence-electron chi connectivity index (χ4n) is 1.71. The molecule has 3 heteroatoms. The van der Waals surface area contributed by atoms with E-state index in [2.05, 4.69) is 15.9 Å². The predicted octanol–water partition coefficient (Wildman–Crippen LogP) is 3.31. The van der Waals surface area contributed by atoms with Gasteiger partial charge in [0.2, 0.25) is 0 Å². The highest BCUT2D eigenvalue weighted by molar-refractivity contribution is 9.10. The minimum Gasteiger partial charge on any atom is -0.399 e. The number of rotatable bonds is 3. The van der Waals surface area contributed by atoms with Crippen LogP contribution in [0.5, 0.6) is 0 Å². The van der Waals surface area contributed by atoms with Crippen molar-refractivity contribution in [2.75, 3.05) is 5.73 Å². The van der Waals surface area contributed by atoms with Crippen LogP contribution in [0.25, 0.3) is 0 Å². The van der Waals surface area contributed by atoms with Crippen molar-refractivity contribution < 1.29 is 5.11 Å². The van der Waals surface area contributed by atoms with Crippen LogP contribution >= 0.6 is 15.9 Å². The van der Waals surface area contributed by atoms with Crippen LogP contribution in [-0.2, 0) is 6.42 Å². The van der Waals surface area contributed by atoms with Gasteiger partial charge in [0.1, 0.15) is 0 Å². The van der Waals surface area contributed by atoms with Crippen molar-refractivity contribution in [1.29, 1.82) is 0 Å². The van der Waals surface area contributed by atoms with Crippen LogP contribution in [0.2, 0.25) is 0 Å². The standard InChI is InChI=1S/C14H14BrNO/c15-13-4-2-1-3-11(13)9-14(17)10-5-7-12(16)8-6-10/h1-8,14,17H,9,16H2. The number of aliphatic hydroxyl groups excluding tert-OH is 1. The first-order valence-electron chi connectivity index (χ1n) is 5.44. The average molecular weight is 292 g/mol. The number of hydrogen-bond acceptors (Lipinski definition) is 2. The molecule has 2 aromatic rings. The lowest BCUT2D eigenvalue weighted by molar-refractivity contribution is 0.178. The van der Waals surface area contributed by atoms with Crippen LogP contribution < -0.4 is 5.73 Å². The van der Waals surface area contributed by atoms with E-state index in [1.54, 1.807) is 12.1 Å². The third-order valence-electron chi connectivity index (χ3n) is 2.69. The summed E-state index contributed by atoms with van der Waals surface area (Å²) < 4.78 is 1.02. The van der Waals surface area contributed by atoms with Gasteiger partial charge >= 0.3 is 0 Å². The van der Waals surface area contributed by atoms with Gasteiger partial charge in [-0.2, -0.15) is 0 Å². The molecule has 0 fully saturated rings. The number of hydrogen-bond donors (Lipinski definition) is 2. The maximum absolute atomic E-state index is 10.1. The van der Waals surface area contributed by atoms with Crippen molar-refractivity contribution in [3.8, 4) is 0 Å². The van der Waals surface area contributed by atoms with E-state index >= 15 is 0 Å². The lowest BCUT2D eigenvalue weighted by Gasteiger charge is -2.12. The zero-order valence-corrected chi connectivity index (χ0v) is 10.9. The topological polar surface area (TPSA) is 46.2 Å². The SMILES string of the molecule is Nc1ccc(C(O)Cc2ccccc2Br)cc1. The predicted molar refractivity (Wildman–Crippen MR) is 73.7 cm³/mol. The number of anilines is 1. The van der Waals surface area contributed by atoms with Crippen LogP contribution in [0.15, 0.2) is 53.0 Å². The molecule has 0 bridgehead atoms. The van der Waals surface area contributed by atoms with Crippen LogP contribution in [0, 0.1) is 0 Å². The highest BCUT2D eigenvalue weighted by Crippen LogP contribution is 2.24. The third kappa shape index (κ3) is 3.08. The highest BCUT2D eigenvalue weighted by Gasteiger charge is 2.10. The largest absolute Gasteiger partial charge is 0.399 e. The van der Waals surface area contributed by atoms with Gasteiger partial charge in [-0.25, -0.2) is 0 Å². The summed E-state index contributed by atoms with van der Waals surface area (Å²) in [5, 5.41) is 10.1. The van der Waals surface area contributed by atoms with Crippen molar-refractivity contribution in [2.45, 2.75) is 12.5 Å². The lowest BCUT2D eigenvalue weighted by Crippen LogP contribution is -2.02. The van der Waals surface area contributed by atoms with E-state index in [1.807, 2.05) is 36.4 Å². The molecule has 0 aromatic heterocycles. The molecule has 3 N–H and O–H groups in total. The van der Waals surface area contributed by atoms with Crippen LogP contribution in [-0.4, -0.2) is 5.11 Å². The Hall–Kier alpha value is -1.32. The van der Waals surface area contributed by atoms with E-state index in [-0.39, 0.29) is 0 Å². The van der Waals surface area contributed by atoms with Gasteiger partial charge in [-0.15, -0.1) is 0 Å². The van der Waals surface area contributed by atoms with Crippen molar-refractivity contribution in [3.63, 3.8) is 0 Å². The van der Waals surface area contributed by atoms with E-state index in [0.29, 0.717) is 12.1 Å². The molecule has 0 amide bonds. The fraction of sp³-hybridized carbons (Fsp3) is 0.143. The molecule has 1 atom stereocenters. The number of nitrogens with two attached hydrogens (primary N) is 1. The second-order valence-corrected chi connectivity index (χ2v) is 4.83. The Morgan fingerprint density at radius 1 is 1.06 bits per heavy atom. The zero-order chi connectivity index (χ0) is 12.3. The van der Waals surface area contributed by atoms with Gasteiger partial charge < -0.3 is 10.8 Å². The smallest absolute Gasteiger partial charge is 0.0830 e. The normalized spacial score (nSPS) is 12.4. The van der Waals surface area contributed by atoms with Gasteiger partial charge in [-0.3, -0.25) is 0 Å². The molecule has 0 saturated heterocycles. The quantitative estimate of drug-likeness (QED) is 0.853. The summed E-state index contributed by atoms with van der Waals surface area (Å²) in [4.78, 5) is 0. The third-order valence-corrected chi connectivity index (χ3v) is 3.47. The van der Waals surface area contributed by atoms with E-state index in [0.717, 1.165) is 15.6 Å².